The summed E-state index contributed by atoms with van der Waals surface area (Å²) < 4.78 is 0. The molecule has 0 radical (unpaired) electrons. The van der Waals surface area contributed by atoms with Crippen LogP contribution in [0.5, 0.6) is 0 Å². The molecular formula is C10H16. The van der Waals surface area contributed by atoms with Crippen molar-refractivity contribution in [3.8, 4) is 0 Å². The van der Waals surface area contributed by atoms with Crippen molar-refractivity contribution in [1.29, 1.82) is 0 Å². The Morgan fingerprint density at radius 3 is 2.80 bits per heavy atom. The topological polar surface area (TPSA) is 0 Å². The van der Waals surface area contributed by atoms with Gasteiger partial charge in [-0.05, 0) is 39.0 Å². The third-order valence-electron chi connectivity index (χ3n) is 2.25. The molecule has 1 aliphatic carbocycles. The van der Waals surface area contributed by atoms with Gasteiger partial charge in [-0.25, -0.2) is 0 Å². The van der Waals surface area contributed by atoms with Crippen LogP contribution in [-0.4, -0.2) is 0 Å². The van der Waals surface area contributed by atoms with E-state index in [-0.39, 0.29) is 0 Å². The van der Waals surface area contributed by atoms with E-state index in [1.807, 2.05) is 0 Å². The average molecular weight is 136 g/mol. The summed E-state index contributed by atoms with van der Waals surface area (Å²) in [5.74, 6) is 0.773. The van der Waals surface area contributed by atoms with Crippen LogP contribution in [0.4, 0.5) is 0 Å². The highest BCUT2D eigenvalue weighted by Gasteiger charge is 2.16. The van der Waals surface area contributed by atoms with E-state index in [0.717, 1.165) is 5.92 Å². The second-order valence-electron chi connectivity index (χ2n) is 2.89. The number of hydrogen-bond acceptors (Lipinski definition) is 0. The summed E-state index contributed by atoms with van der Waals surface area (Å²) >= 11 is 0. The van der Waals surface area contributed by atoms with Crippen molar-refractivity contribution >= 4 is 0 Å². The van der Waals surface area contributed by atoms with E-state index in [1.165, 1.54) is 19.3 Å². The lowest BCUT2D eigenvalue weighted by Gasteiger charge is -2.03. The molecule has 0 N–H and O–H groups in total. The van der Waals surface area contributed by atoms with Crippen molar-refractivity contribution in [2.45, 2.75) is 33.1 Å². The Labute approximate surface area is 63.6 Å². The summed E-state index contributed by atoms with van der Waals surface area (Å²) in [6, 6.07) is 0. The zero-order chi connectivity index (χ0) is 7.40. The van der Waals surface area contributed by atoms with Crippen LogP contribution in [0.1, 0.15) is 33.1 Å². The summed E-state index contributed by atoms with van der Waals surface area (Å²) in [5.41, 5.74) is 1.64. The van der Waals surface area contributed by atoms with Gasteiger partial charge >= 0.3 is 0 Å². The maximum atomic E-state index is 2.32. The highest BCUT2D eigenvalue weighted by atomic mass is 14.2. The standard InChI is InChI=1S/C10H16/c1-3-6-10-8-5-7-9(10)4-2/h3-4,6,10H,5,7-8H2,1-2H3. The molecule has 1 saturated carbocycles. The lowest BCUT2D eigenvalue weighted by atomic mass is 10.0. The van der Waals surface area contributed by atoms with Crippen molar-refractivity contribution in [1.82, 2.24) is 0 Å². The molecule has 0 heterocycles. The van der Waals surface area contributed by atoms with E-state index >= 15 is 0 Å². The minimum atomic E-state index is 0.773. The van der Waals surface area contributed by atoms with Crippen LogP contribution in [0.25, 0.3) is 0 Å². The molecule has 0 nitrogen and oxygen atoms in total. The molecule has 1 unspecified atom stereocenters. The molecule has 10 heavy (non-hydrogen) atoms. The molecule has 0 amide bonds. The van der Waals surface area contributed by atoms with Crippen LogP contribution in [0.3, 0.4) is 0 Å². The van der Waals surface area contributed by atoms with Crippen molar-refractivity contribution in [3.05, 3.63) is 23.8 Å². The summed E-state index contributed by atoms with van der Waals surface area (Å²) in [5, 5.41) is 0. The molecule has 0 heteroatoms. The van der Waals surface area contributed by atoms with Gasteiger partial charge in [0.25, 0.3) is 0 Å². The van der Waals surface area contributed by atoms with E-state index in [4.69, 9.17) is 0 Å². The fraction of sp³-hybridized carbons (Fsp3) is 0.600. The molecule has 1 atom stereocenters. The summed E-state index contributed by atoms with van der Waals surface area (Å²) in [4.78, 5) is 0. The van der Waals surface area contributed by atoms with Crippen molar-refractivity contribution in [2.24, 2.45) is 5.92 Å². The first-order valence-electron chi connectivity index (χ1n) is 4.16. The van der Waals surface area contributed by atoms with Gasteiger partial charge in [-0.1, -0.05) is 23.8 Å². The van der Waals surface area contributed by atoms with Crippen LogP contribution < -0.4 is 0 Å². The minimum Gasteiger partial charge on any atom is -0.0911 e. The first kappa shape index (κ1) is 7.59. The first-order chi connectivity index (χ1) is 4.88. The van der Waals surface area contributed by atoms with Gasteiger partial charge in [0, 0.05) is 0 Å². The Hall–Kier alpha value is -0.520. The molecule has 1 fully saturated rings. The van der Waals surface area contributed by atoms with E-state index < -0.39 is 0 Å². The molecule has 1 rings (SSSR count). The van der Waals surface area contributed by atoms with E-state index in [2.05, 4.69) is 32.1 Å². The number of allylic oxidation sites excluding steroid dienone is 4. The Morgan fingerprint density at radius 2 is 2.20 bits per heavy atom. The van der Waals surface area contributed by atoms with Gasteiger partial charge < -0.3 is 0 Å². The van der Waals surface area contributed by atoms with Crippen molar-refractivity contribution in [2.75, 3.05) is 0 Å². The smallest absolute Gasteiger partial charge is 0.00234 e. The molecule has 1 aliphatic rings. The Balaban J connectivity index is 2.59. The van der Waals surface area contributed by atoms with Gasteiger partial charge in [-0.2, -0.15) is 0 Å². The highest BCUT2D eigenvalue weighted by molar-refractivity contribution is 5.16. The van der Waals surface area contributed by atoms with Gasteiger partial charge in [0.15, 0.2) is 0 Å². The van der Waals surface area contributed by atoms with E-state index in [0.29, 0.717) is 0 Å². The van der Waals surface area contributed by atoms with Crippen molar-refractivity contribution in [3.63, 3.8) is 0 Å². The normalized spacial score (nSPS) is 30.6. The maximum Gasteiger partial charge on any atom is -0.00234 e. The monoisotopic (exact) mass is 136 g/mol. The third-order valence-corrected chi connectivity index (χ3v) is 2.25. The van der Waals surface area contributed by atoms with E-state index in [1.54, 1.807) is 5.57 Å². The molecule has 0 aromatic rings. The second-order valence-corrected chi connectivity index (χ2v) is 2.89. The van der Waals surface area contributed by atoms with Crippen LogP contribution in [-0.2, 0) is 0 Å². The third kappa shape index (κ3) is 1.50. The van der Waals surface area contributed by atoms with Gasteiger partial charge in [-0.3, -0.25) is 0 Å². The van der Waals surface area contributed by atoms with Crippen molar-refractivity contribution < 1.29 is 0 Å². The zero-order valence-electron chi connectivity index (χ0n) is 6.93. The summed E-state index contributed by atoms with van der Waals surface area (Å²) in [6.07, 6.45) is 10.8. The lowest BCUT2D eigenvalue weighted by Crippen LogP contribution is -1.89. The van der Waals surface area contributed by atoms with Crippen LogP contribution in [0, 0.1) is 5.92 Å². The van der Waals surface area contributed by atoms with Crippen LogP contribution in [0.2, 0.25) is 0 Å². The van der Waals surface area contributed by atoms with Gasteiger partial charge in [0.1, 0.15) is 0 Å². The van der Waals surface area contributed by atoms with Gasteiger partial charge in [-0.15, -0.1) is 0 Å². The quantitative estimate of drug-likeness (QED) is 0.485. The Morgan fingerprint density at radius 1 is 1.40 bits per heavy atom. The molecule has 0 spiro atoms. The van der Waals surface area contributed by atoms with Gasteiger partial charge in [0.2, 0.25) is 0 Å². The number of rotatable bonds is 1. The molecule has 0 bridgehead atoms. The zero-order valence-corrected chi connectivity index (χ0v) is 6.93. The molecule has 56 valence electrons. The molecule has 0 aliphatic heterocycles. The summed E-state index contributed by atoms with van der Waals surface area (Å²) in [6.45, 7) is 4.25. The highest BCUT2D eigenvalue weighted by Crippen LogP contribution is 2.31. The molecular weight excluding hydrogens is 120 g/mol. The average Bonchev–Trinajstić information content (AvgIpc) is 2.36. The Bertz CT molecular complexity index is 151. The lowest BCUT2D eigenvalue weighted by molar-refractivity contribution is 0.764. The maximum absolute atomic E-state index is 2.32. The van der Waals surface area contributed by atoms with E-state index in [9.17, 15) is 0 Å². The van der Waals surface area contributed by atoms with Gasteiger partial charge in [0.05, 0.1) is 0 Å². The van der Waals surface area contributed by atoms with Crippen LogP contribution in [0.15, 0.2) is 23.8 Å². The fourth-order valence-corrected chi connectivity index (χ4v) is 1.71. The molecule has 0 aromatic carbocycles. The largest absolute Gasteiger partial charge is 0.0911 e. The number of hydrogen-bond donors (Lipinski definition) is 0. The Kier molecular flexibility index (Phi) is 2.73. The fourth-order valence-electron chi connectivity index (χ4n) is 1.71. The molecule has 0 aromatic heterocycles. The first-order valence-corrected chi connectivity index (χ1v) is 4.16. The molecule has 0 saturated heterocycles. The summed E-state index contributed by atoms with van der Waals surface area (Å²) in [7, 11) is 0. The van der Waals surface area contributed by atoms with Crippen LogP contribution >= 0.6 is 0 Å². The predicted octanol–water partition coefficient (Wildman–Crippen LogP) is 3.31. The second kappa shape index (κ2) is 3.60. The minimum absolute atomic E-state index is 0.773. The SMILES string of the molecule is CC=CC1CCCC1=CC. The predicted molar refractivity (Wildman–Crippen MR) is 45.9 cm³/mol.